The van der Waals surface area contributed by atoms with Crippen LogP contribution in [0.2, 0.25) is 0 Å². The fourth-order valence-electron chi connectivity index (χ4n) is 8.46. The third-order valence-electron chi connectivity index (χ3n) is 11.1. The van der Waals surface area contributed by atoms with Gasteiger partial charge in [0.05, 0.1) is 23.5 Å². The second-order valence-corrected chi connectivity index (χ2v) is 15.8. The Kier molecular flexibility index (Phi) is 13.7. The largest absolute Gasteiger partial charge is 0.460 e. The van der Waals surface area contributed by atoms with E-state index in [1.807, 2.05) is 49.3 Å². The van der Waals surface area contributed by atoms with Crippen molar-refractivity contribution in [1.82, 2.24) is 4.98 Å². The minimum atomic E-state index is -0.992. The van der Waals surface area contributed by atoms with Crippen molar-refractivity contribution in [3.8, 4) is 17.2 Å². The van der Waals surface area contributed by atoms with Gasteiger partial charge >= 0.3 is 0 Å². The first-order valence-electron chi connectivity index (χ1n) is 19.4. The SMILES string of the molecule is C=CCO[C@@]12Oc3ccc(Oc4ccc(C)c(C)c4)cc3[C@H]3[C@H](CCCCO)[C@@H](CCCCO)C=C(C(=NOCC)C[C@@H]1SCCc1ccncc1)[C@H]32. The van der Waals surface area contributed by atoms with Crippen LogP contribution in [-0.2, 0) is 16.0 Å². The van der Waals surface area contributed by atoms with E-state index in [4.69, 9.17) is 24.2 Å². The molecule has 0 amide bonds. The van der Waals surface area contributed by atoms with Gasteiger partial charge < -0.3 is 29.3 Å². The summed E-state index contributed by atoms with van der Waals surface area (Å²) in [6.45, 7) is 11.4. The number of benzene rings is 2. The van der Waals surface area contributed by atoms with Gasteiger partial charge in [-0.05, 0) is 135 Å². The Labute approximate surface area is 319 Å². The summed E-state index contributed by atoms with van der Waals surface area (Å²) in [7, 11) is 0. The van der Waals surface area contributed by atoms with Crippen molar-refractivity contribution in [1.29, 1.82) is 0 Å². The molecule has 9 heteroatoms. The molecule has 2 heterocycles. The zero-order chi connectivity index (χ0) is 37.2. The Morgan fingerprint density at radius 1 is 0.981 bits per heavy atom. The van der Waals surface area contributed by atoms with E-state index in [-0.39, 0.29) is 42.1 Å². The fourth-order valence-corrected chi connectivity index (χ4v) is 9.87. The number of thioether (sulfide) groups is 1. The topological polar surface area (TPSA) is 103 Å². The normalized spacial score (nSPS) is 25.2. The number of unbranched alkanes of at least 4 members (excludes halogenated alkanes) is 2. The number of hydrogen-bond acceptors (Lipinski definition) is 9. The molecular weight excluding hydrogens is 685 g/mol. The highest BCUT2D eigenvalue weighted by Gasteiger charge is 2.64. The number of nitrogens with zero attached hydrogens (tertiary/aromatic N) is 2. The number of aromatic nitrogens is 1. The van der Waals surface area contributed by atoms with Gasteiger partial charge in [0.25, 0.3) is 0 Å². The van der Waals surface area contributed by atoms with Gasteiger partial charge in [0.15, 0.2) is 0 Å². The van der Waals surface area contributed by atoms with E-state index in [0.29, 0.717) is 19.6 Å². The van der Waals surface area contributed by atoms with Crippen LogP contribution in [0.1, 0.15) is 80.0 Å². The highest BCUT2D eigenvalue weighted by Crippen LogP contribution is 2.62. The molecule has 0 radical (unpaired) electrons. The first-order valence-corrected chi connectivity index (χ1v) is 20.4. The van der Waals surface area contributed by atoms with Gasteiger partial charge in [-0.15, -0.1) is 6.58 Å². The van der Waals surface area contributed by atoms with E-state index in [1.165, 1.54) is 16.7 Å². The molecule has 6 rings (SSSR count). The Hall–Kier alpha value is -3.63. The molecule has 1 aromatic heterocycles. The average Bonchev–Trinajstić information content (AvgIpc) is 3.17. The van der Waals surface area contributed by atoms with E-state index in [9.17, 15) is 10.2 Å². The highest BCUT2D eigenvalue weighted by atomic mass is 32.2. The molecule has 8 nitrogen and oxygen atoms in total. The third-order valence-corrected chi connectivity index (χ3v) is 12.4. The zero-order valence-corrected chi connectivity index (χ0v) is 32.4. The maximum absolute atomic E-state index is 9.88. The molecule has 3 aliphatic rings. The van der Waals surface area contributed by atoms with E-state index < -0.39 is 5.79 Å². The third kappa shape index (κ3) is 8.86. The van der Waals surface area contributed by atoms with Crippen molar-refractivity contribution < 1.29 is 29.3 Å². The smallest absolute Gasteiger partial charge is 0.230 e. The molecule has 2 aliphatic carbocycles. The molecule has 0 bridgehead atoms. The monoisotopic (exact) mass is 740 g/mol. The summed E-state index contributed by atoms with van der Waals surface area (Å²) in [4.78, 5) is 10.1. The molecule has 1 fully saturated rings. The summed E-state index contributed by atoms with van der Waals surface area (Å²) < 4.78 is 20.9. The lowest BCUT2D eigenvalue weighted by Crippen LogP contribution is -2.64. The molecule has 284 valence electrons. The number of pyridine rings is 1. The quantitative estimate of drug-likeness (QED) is 0.0713. The van der Waals surface area contributed by atoms with Crippen LogP contribution in [0.5, 0.6) is 17.2 Å². The van der Waals surface area contributed by atoms with E-state index in [2.05, 4.69) is 67.9 Å². The molecule has 53 heavy (non-hydrogen) atoms. The Morgan fingerprint density at radius 2 is 1.74 bits per heavy atom. The maximum Gasteiger partial charge on any atom is 0.230 e. The number of oxime groups is 1. The number of aryl methyl sites for hydroxylation is 3. The van der Waals surface area contributed by atoms with Crippen LogP contribution in [0, 0.1) is 31.6 Å². The molecule has 2 N–H and O–H groups in total. The Bertz CT molecular complexity index is 1730. The Balaban J connectivity index is 1.50. The van der Waals surface area contributed by atoms with Crippen LogP contribution < -0.4 is 9.47 Å². The summed E-state index contributed by atoms with van der Waals surface area (Å²) in [5, 5.41) is 24.4. The van der Waals surface area contributed by atoms with Crippen molar-refractivity contribution >= 4 is 17.5 Å². The second-order valence-electron chi connectivity index (χ2n) is 14.5. The first-order chi connectivity index (χ1) is 25.9. The number of aliphatic hydroxyl groups excluding tert-OH is 2. The molecule has 0 unspecified atom stereocenters. The molecule has 0 saturated heterocycles. The molecular formula is C44H56N2O6S. The molecule has 1 aliphatic heterocycles. The number of hydrogen-bond donors (Lipinski definition) is 2. The number of allylic oxidation sites excluding steroid dienone is 1. The number of fused-ring (bicyclic) bond motifs is 2. The van der Waals surface area contributed by atoms with Gasteiger partial charge in [0.2, 0.25) is 5.79 Å². The predicted molar refractivity (Wildman–Crippen MR) is 213 cm³/mol. The van der Waals surface area contributed by atoms with Crippen molar-refractivity contribution in [2.24, 2.45) is 22.9 Å². The van der Waals surface area contributed by atoms with Gasteiger partial charge in [-0.25, -0.2) is 0 Å². The van der Waals surface area contributed by atoms with Crippen molar-refractivity contribution in [3.63, 3.8) is 0 Å². The van der Waals surface area contributed by atoms with Gasteiger partial charge in [-0.3, -0.25) is 4.98 Å². The molecule has 0 spiro atoms. The van der Waals surface area contributed by atoms with Crippen molar-refractivity contribution in [3.05, 3.63) is 107 Å². The van der Waals surface area contributed by atoms with Gasteiger partial charge in [-0.2, -0.15) is 11.8 Å². The first kappa shape index (κ1) is 39.1. The van der Waals surface area contributed by atoms with Gasteiger partial charge in [-0.1, -0.05) is 36.2 Å². The second kappa shape index (κ2) is 18.6. The number of ether oxygens (including phenoxy) is 3. The summed E-state index contributed by atoms with van der Waals surface area (Å²) >= 11 is 1.87. The lowest BCUT2D eigenvalue weighted by Gasteiger charge is -2.58. The summed E-state index contributed by atoms with van der Waals surface area (Å²) in [6.07, 6.45) is 14.7. The van der Waals surface area contributed by atoms with Crippen LogP contribution in [0.3, 0.4) is 0 Å². The highest BCUT2D eigenvalue weighted by molar-refractivity contribution is 8.00. The maximum atomic E-state index is 9.88. The van der Waals surface area contributed by atoms with Crippen LogP contribution in [-0.4, -0.2) is 64.1 Å². The minimum Gasteiger partial charge on any atom is -0.460 e. The molecule has 3 aromatic rings. The average molecular weight is 741 g/mol. The van der Waals surface area contributed by atoms with Crippen molar-refractivity contribution in [2.75, 3.05) is 32.2 Å². The Morgan fingerprint density at radius 3 is 2.47 bits per heavy atom. The molecule has 2 aromatic carbocycles. The van der Waals surface area contributed by atoms with Crippen LogP contribution in [0.25, 0.3) is 0 Å². The van der Waals surface area contributed by atoms with E-state index in [1.54, 1.807) is 0 Å². The van der Waals surface area contributed by atoms with Gasteiger partial charge in [0.1, 0.15) is 23.9 Å². The molecule has 6 atom stereocenters. The summed E-state index contributed by atoms with van der Waals surface area (Å²) in [5.74, 6) is 2.55. The van der Waals surface area contributed by atoms with E-state index in [0.717, 1.165) is 84.8 Å². The summed E-state index contributed by atoms with van der Waals surface area (Å²) in [5.41, 5.74) is 6.85. The zero-order valence-electron chi connectivity index (χ0n) is 31.5. The van der Waals surface area contributed by atoms with Crippen LogP contribution in [0.15, 0.2) is 90.4 Å². The fraction of sp³-hybridized carbons (Fsp3) is 0.500. The van der Waals surface area contributed by atoms with Crippen molar-refractivity contribution in [2.45, 2.75) is 89.1 Å². The van der Waals surface area contributed by atoms with Crippen LogP contribution >= 0.6 is 11.8 Å². The van der Waals surface area contributed by atoms with Crippen LogP contribution in [0.4, 0.5) is 0 Å². The lowest BCUT2D eigenvalue weighted by molar-refractivity contribution is -0.223. The molecule has 1 saturated carbocycles. The lowest BCUT2D eigenvalue weighted by atomic mass is 9.56. The number of aliphatic hydroxyl groups is 2. The minimum absolute atomic E-state index is 0.0140. The van der Waals surface area contributed by atoms with E-state index >= 15 is 0 Å². The van der Waals surface area contributed by atoms with Gasteiger partial charge in [0, 0.05) is 43.5 Å². The standard InChI is InChI=1S/C44H56N2O6S/c1-5-24-49-44-41(53-25-19-32-17-20-45-21-18-32)29-39(46-50-6-2)37-27-33(11-7-9-22-47)36(12-8-10-23-48)42(43(37)44)38-28-35(15-16-40(38)52-44)51-34-14-13-30(3)31(4)26-34/h5,13-18,20-21,26-28,33,36,41-43,47-48H,1,6-12,19,22-25,29H2,2-4H3/t33-,36+,41-,42+,43+,44+/m0/s1. The predicted octanol–water partition coefficient (Wildman–Crippen LogP) is 9.12. The number of rotatable bonds is 19. The summed E-state index contributed by atoms with van der Waals surface area (Å²) in [6, 6.07) is 16.6.